The second kappa shape index (κ2) is 8.81. The molecule has 0 N–H and O–H groups in total. The van der Waals surface area contributed by atoms with Crippen molar-refractivity contribution in [2.24, 2.45) is 7.05 Å². The highest BCUT2D eigenvalue weighted by molar-refractivity contribution is 5.94. The van der Waals surface area contributed by atoms with Gasteiger partial charge in [-0.05, 0) is 44.0 Å². The van der Waals surface area contributed by atoms with E-state index in [0.717, 1.165) is 52.0 Å². The van der Waals surface area contributed by atoms with Crippen LogP contribution in [-0.4, -0.2) is 53.0 Å². The van der Waals surface area contributed by atoms with Gasteiger partial charge >= 0.3 is 0 Å². The number of hydrogen-bond donors (Lipinski definition) is 0. The molecule has 2 heterocycles. The summed E-state index contributed by atoms with van der Waals surface area (Å²) in [6, 6.07) is 13.7. The predicted octanol–water partition coefficient (Wildman–Crippen LogP) is 2.17. The molecule has 1 aromatic heterocycles. The molecular weight excluding hydrogens is 326 g/mol. The molecule has 0 unspecified atom stereocenters. The standard InChI is InChI=1S/C21H27N3O2/c1-22-14-10-19(17-20(22)25)21(26)24-13-6-12-23(15-16-24)11-5-9-18-7-3-2-4-8-18/h2-4,7-8,10,14,17H,5-6,9,11-13,15-16H2,1H3. The number of carbonyl (C=O) groups is 1. The molecule has 5 heteroatoms. The fraction of sp³-hybridized carbons (Fsp3) is 0.429. The van der Waals surface area contributed by atoms with Crippen LogP contribution in [0.5, 0.6) is 0 Å². The van der Waals surface area contributed by atoms with Crippen molar-refractivity contribution in [2.45, 2.75) is 19.3 Å². The van der Waals surface area contributed by atoms with E-state index in [1.165, 1.54) is 16.2 Å². The Labute approximate surface area is 154 Å². The van der Waals surface area contributed by atoms with Crippen molar-refractivity contribution in [1.82, 2.24) is 14.4 Å². The number of benzene rings is 1. The summed E-state index contributed by atoms with van der Waals surface area (Å²) in [7, 11) is 1.69. The fourth-order valence-electron chi connectivity index (χ4n) is 3.41. The van der Waals surface area contributed by atoms with E-state index in [2.05, 4.69) is 29.2 Å². The van der Waals surface area contributed by atoms with Crippen molar-refractivity contribution in [2.75, 3.05) is 32.7 Å². The van der Waals surface area contributed by atoms with E-state index >= 15 is 0 Å². The molecule has 0 bridgehead atoms. The van der Waals surface area contributed by atoms with Gasteiger partial charge in [-0.25, -0.2) is 0 Å². The van der Waals surface area contributed by atoms with Crippen LogP contribution in [-0.2, 0) is 13.5 Å². The summed E-state index contributed by atoms with van der Waals surface area (Å²) >= 11 is 0. The maximum atomic E-state index is 12.7. The Bertz CT molecular complexity index is 785. The number of hydrogen-bond acceptors (Lipinski definition) is 3. The van der Waals surface area contributed by atoms with Crippen molar-refractivity contribution in [3.05, 3.63) is 70.1 Å². The third-order valence-corrected chi connectivity index (χ3v) is 5.01. The first-order valence-electron chi connectivity index (χ1n) is 9.36. The second-order valence-corrected chi connectivity index (χ2v) is 6.94. The van der Waals surface area contributed by atoms with Crippen LogP contribution in [0, 0.1) is 0 Å². The largest absolute Gasteiger partial charge is 0.337 e. The first-order chi connectivity index (χ1) is 12.6. The molecule has 0 spiro atoms. The van der Waals surface area contributed by atoms with Crippen LogP contribution in [0.3, 0.4) is 0 Å². The van der Waals surface area contributed by atoms with Gasteiger partial charge in [-0.2, -0.15) is 0 Å². The lowest BCUT2D eigenvalue weighted by Crippen LogP contribution is -2.36. The van der Waals surface area contributed by atoms with Crippen LogP contribution in [0.15, 0.2) is 53.5 Å². The first kappa shape index (κ1) is 18.4. The lowest BCUT2D eigenvalue weighted by Gasteiger charge is -2.22. The van der Waals surface area contributed by atoms with Crippen LogP contribution in [0.2, 0.25) is 0 Å². The highest BCUT2D eigenvalue weighted by atomic mass is 16.2. The lowest BCUT2D eigenvalue weighted by molar-refractivity contribution is 0.0761. The zero-order valence-electron chi connectivity index (χ0n) is 15.4. The average Bonchev–Trinajstić information content (AvgIpc) is 2.90. The Hall–Kier alpha value is -2.40. The van der Waals surface area contributed by atoms with Crippen molar-refractivity contribution in [3.63, 3.8) is 0 Å². The van der Waals surface area contributed by atoms with Crippen molar-refractivity contribution in [1.29, 1.82) is 0 Å². The Balaban J connectivity index is 1.50. The Kier molecular flexibility index (Phi) is 6.23. The number of carbonyl (C=O) groups excluding carboxylic acids is 1. The lowest BCUT2D eigenvalue weighted by atomic mass is 10.1. The monoisotopic (exact) mass is 353 g/mol. The first-order valence-corrected chi connectivity index (χ1v) is 9.36. The summed E-state index contributed by atoms with van der Waals surface area (Å²) in [4.78, 5) is 28.8. The molecule has 0 radical (unpaired) electrons. The molecule has 0 atom stereocenters. The summed E-state index contributed by atoms with van der Waals surface area (Å²) in [6.07, 6.45) is 4.85. The minimum absolute atomic E-state index is 0.0335. The number of pyridine rings is 1. The van der Waals surface area contributed by atoms with Gasteiger partial charge in [0.15, 0.2) is 0 Å². The number of rotatable bonds is 5. The number of nitrogens with zero attached hydrogens (tertiary/aromatic N) is 3. The van der Waals surface area contributed by atoms with Gasteiger partial charge in [0.1, 0.15) is 0 Å². The molecule has 1 aliphatic rings. The van der Waals surface area contributed by atoms with E-state index in [4.69, 9.17) is 0 Å². The summed E-state index contributed by atoms with van der Waals surface area (Å²) < 4.78 is 1.48. The van der Waals surface area contributed by atoms with Gasteiger partial charge in [0.25, 0.3) is 11.5 Å². The van der Waals surface area contributed by atoms with E-state index in [1.54, 1.807) is 19.3 Å². The number of aryl methyl sites for hydroxylation is 2. The molecule has 1 fully saturated rings. The van der Waals surface area contributed by atoms with E-state index in [-0.39, 0.29) is 11.5 Å². The van der Waals surface area contributed by atoms with Crippen LogP contribution in [0.4, 0.5) is 0 Å². The van der Waals surface area contributed by atoms with Crippen LogP contribution in [0.25, 0.3) is 0 Å². The maximum Gasteiger partial charge on any atom is 0.254 e. The zero-order valence-corrected chi connectivity index (χ0v) is 15.4. The third kappa shape index (κ3) is 4.82. The Morgan fingerprint density at radius 3 is 2.62 bits per heavy atom. The Morgan fingerprint density at radius 1 is 1.04 bits per heavy atom. The zero-order chi connectivity index (χ0) is 18.4. The fourth-order valence-corrected chi connectivity index (χ4v) is 3.41. The summed E-state index contributed by atoms with van der Waals surface area (Å²) in [6.45, 7) is 4.45. The minimum atomic E-state index is -0.145. The molecule has 0 saturated carbocycles. The van der Waals surface area contributed by atoms with Crippen molar-refractivity contribution < 1.29 is 4.79 Å². The van der Waals surface area contributed by atoms with Gasteiger partial charge in [-0.3, -0.25) is 9.59 Å². The van der Waals surface area contributed by atoms with Gasteiger partial charge in [-0.15, -0.1) is 0 Å². The topological polar surface area (TPSA) is 45.6 Å². The molecule has 138 valence electrons. The SMILES string of the molecule is Cn1ccc(C(=O)N2CCCN(CCCc3ccccc3)CC2)cc1=O. The van der Waals surface area contributed by atoms with Gasteiger partial charge in [0.2, 0.25) is 0 Å². The van der Waals surface area contributed by atoms with E-state index < -0.39 is 0 Å². The molecule has 1 aliphatic heterocycles. The number of amides is 1. The predicted molar refractivity (Wildman–Crippen MR) is 103 cm³/mol. The minimum Gasteiger partial charge on any atom is -0.337 e. The number of aromatic nitrogens is 1. The second-order valence-electron chi connectivity index (χ2n) is 6.94. The van der Waals surface area contributed by atoms with Crippen LogP contribution < -0.4 is 5.56 Å². The smallest absolute Gasteiger partial charge is 0.254 e. The highest BCUT2D eigenvalue weighted by Gasteiger charge is 2.20. The molecule has 0 aliphatic carbocycles. The van der Waals surface area contributed by atoms with Gasteiger partial charge in [0.05, 0.1) is 0 Å². The van der Waals surface area contributed by atoms with Gasteiger partial charge in [0, 0.05) is 44.5 Å². The average molecular weight is 353 g/mol. The van der Waals surface area contributed by atoms with E-state index in [9.17, 15) is 9.59 Å². The molecule has 3 rings (SSSR count). The normalized spacial score (nSPS) is 15.7. The summed E-state index contributed by atoms with van der Waals surface area (Å²) in [5.41, 5.74) is 1.73. The molecule has 2 aromatic rings. The molecule has 1 aromatic carbocycles. The third-order valence-electron chi connectivity index (χ3n) is 5.01. The van der Waals surface area contributed by atoms with Crippen LogP contribution in [0.1, 0.15) is 28.8 Å². The molecular formula is C21H27N3O2. The van der Waals surface area contributed by atoms with Crippen LogP contribution >= 0.6 is 0 Å². The molecule has 1 amide bonds. The highest BCUT2D eigenvalue weighted by Crippen LogP contribution is 2.10. The van der Waals surface area contributed by atoms with Gasteiger partial charge < -0.3 is 14.4 Å². The molecule has 5 nitrogen and oxygen atoms in total. The van der Waals surface area contributed by atoms with E-state index in [0.29, 0.717) is 5.56 Å². The molecule has 26 heavy (non-hydrogen) atoms. The van der Waals surface area contributed by atoms with Gasteiger partial charge in [-0.1, -0.05) is 30.3 Å². The van der Waals surface area contributed by atoms with Crippen molar-refractivity contribution in [3.8, 4) is 0 Å². The summed E-state index contributed by atoms with van der Waals surface area (Å²) in [5, 5.41) is 0. The summed E-state index contributed by atoms with van der Waals surface area (Å²) in [5.74, 6) is -0.0335. The van der Waals surface area contributed by atoms with E-state index in [1.807, 2.05) is 11.0 Å². The molecule has 1 saturated heterocycles. The van der Waals surface area contributed by atoms with Crippen molar-refractivity contribution >= 4 is 5.91 Å². The Morgan fingerprint density at radius 2 is 1.85 bits per heavy atom. The quantitative estimate of drug-likeness (QED) is 0.828. The maximum absolute atomic E-state index is 12.7.